The van der Waals surface area contributed by atoms with Gasteiger partial charge >= 0.3 is 0 Å². The maximum absolute atomic E-state index is 12.1. The van der Waals surface area contributed by atoms with Crippen LogP contribution in [0.3, 0.4) is 0 Å². The fourth-order valence-electron chi connectivity index (χ4n) is 2.83. The molecule has 1 N–H and O–H groups in total. The molecule has 0 saturated heterocycles. The summed E-state index contributed by atoms with van der Waals surface area (Å²) in [6.07, 6.45) is 7.11. The van der Waals surface area contributed by atoms with E-state index in [0.29, 0.717) is 18.9 Å². The number of likely N-dealkylation sites (N-methyl/N-ethyl adjacent to an activating group) is 1. The first-order chi connectivity index (χ1) is 10.6. The molecule has 2 unspecified atom stereocenters. The SMILES string of the molecule is COc1cccc(C(CNC(=O)CC2C=CCC2)N(C)C)c1. The Morgan fingerprint density at radius 2 is 2.27 bits per heavy atom. The van der Waals surface area contributed by atoms with E-state index < -0.39 is 0 Å². The second-order valence-corrected chi connectivity index (χ2v) is 6.03. The quantitative estimate of drug-likeness (QED) is 0.788. The Kier molecular flexibility index (Phi) is 6.01. The third-order valence-corrected chi connectivity index (χ3v) is 4.15. The standard InChI is InChI=1S/C18H26N2O2/c1-20(2)17(15-9-6-10-16(12-15)22-3)13-19-18(21)11-14-7-4-5-8-14/h4,6-7,9-10,12,14,17H,5,8,11,13H2,1-3H3,(H,19,21). The number of carbonyl (C=O) groups is 1. The first-order valence-corrected chi connectivity index (χ1v) is 7.84. The normalized spacial score (nSPS) is 18.5. The van der Waals surface area contributed by atoms with Gasteiger partial charge < -0.3 is 15.0 Å². The number of ether oxygens (including phenoxy) is 1. The van der Waals surface area contributed by atoms with Crippen LogP contribution in [0.5, 0.6) is 5.75 Å². The first kappa shape index (κ1) is 16.6. The highest BCUT2D eigenvalue weighted by Crippen LogP contribution is 2.23. The van der Waals surface area contributed by atoms with Gasteiger partial charge in [-0.3, -0.25) is 4.79 Å². The molecule has 0 fully saturated rings. The van der Waals surface area contributed by atoms with Crippen LogP contribution in [0.2, 0.25) is 0 Å². The summed E-state index contributed by atoms with van der Waals surface area (Å²) in [6.45, 7) is 0.607. The van der Waals surface area contributed by atoms with E-state index >= 15 is 0 Å². The fraction of sp³-hybridized carbons (Fsp3) is 0.500. The highest BCUT2D eigenvalue weighted by Gasteiger charge is 2.18. The predicted octanol–water partition coefficient (Wildman–Crippen LogP) is 2.77. The Hall–Kier alpha value is -1.81. The molecule has 0 aromatic heterocycles. The van der Waals surface area contributed by atoms with Crippen LogP contribution in [0.1, 0.15) is 30.9 Å². The molecule has 1 aromatic rings. The lowest BCUT2D eigenvalue weighted by molar-refractivity contribution is -0.121. The zero-order chi connectivity index (χ0) is 15.9. The van der Waals surface area contributed by atoms with Crippen molar-refractivity contribution in [3.63, 3.8) is 0 Å². The maximum Gasteiger partial charge on any atom is 0.220 e. The van der Waals surface area contributed by atoms with Crippen molar-refractivity contribution < 1.29 is 9.53 Å². The Balaban J connectivity index is 1.93. The lowest BCUT2D eigenvalue weighted by atomic mass is 10.0. The van der Waals surface area contributed by atoms with Crippen LogP contribution in [0.15, 0.2) is 36.4 Å². The number of methoxy groups -OCH3 is 1. The number of nitrogens with zero attached hydrogens (tertiary/aromatic N) is 1. The van der Waals surface area contributed by atoms with E-state index in [1.54, 1.807) is 7.11 Å². The molecule has 2 atom stereocenters. The third-order valence-electron chi connectivity index (χ3n) is 4.15. The van der Waals surface area contributed by atoms with Crippen LogP contribution < -0.4 is 10.1 Å². The van der Waals surface area contributed by atoms with Crippen LogP contribution in [-0.4, -0.2) is 38.6 Å². The monoisotopic (exact) mass is 302 g/mol. The number of nitrogens with one attached hydrogen (secondary N) is 1. The largest absolute Gasteiger partial charge is 0.497 e. The molecule has 0 bridgehead atoms. The van der Waals surface area contributed by atoms with Gasteiger partial charge in [0.25, 0.3) is 0 Å². The molecule has 4 nitrogen and oxygen atoms in total. The van der Waals surface area contributed by atoms with Crippen LogP contribution >= 0.6 is 0 Å². The molecule has 1 aromatic carbocycles. The Morgan fingerprint density at radius 1 is 1.45 bits per heavy atom. The zero-order valence-electron chi connectivity index (χ0n) is 13.7. The van der Waals surface area contributed by atoms with Crippen molar-refractivity contribution in [1.29, 1.82) is 0 Å². The van der Waals surface area contributed by atoms with Gasteiger partial charge in [0.2, 0.25) is 5.91 Å². The molecule has 1 aliphatic carbocycles. The smallest absolute Gasteiger partial charge is 0.220 e. The van der Waals surface area contributed by atoms with Gasteiger partial charge in [-0.25, -0.2) is 0 Å². The topological polar surface area (TPSA) is 41.6 Å². The number of rotatable bonds is 7. The Bertz CT molecular complexity index is 526. The summed E-state index contributed by atoms with van der Waals surface area (Å²) < 4.78 is 5.29. The number of hydrogen-bond donors (Lipinski definition) is 1. The molecule has 2 rings (SSSR count). The summed E-state index contributed by atoms with van der Waals surface area (Å²) in [4.78, 5) is 14.2. The highest BCUT2D eigenvalue weighted by molar-refractivity contribution is 5.76. The van der Waals surface area contributed by atoms with Gasteiger partial charge in [-0.2, -0.15) is 0 Å². The van der Waals surface area contributed by atoms with Gasteiger partial charge in [0, 0.05) is 13.0 Å². The molecule has 4 heteroatoms. The van der Waals surface area contributed by atoms with Crippen molar-refractivity contribution in [2.24, 2.45) is 5.92 Å². The fourth-order valence-corrected chi connectivity index (χ4v) is 2.83. The van der Waals surface area contributed by atoms with Crippen molar-refractivity contribution in [2.75, 3.05) is 27.7 Å². The highest BCUT2D eigenvalue weighted by atomic mass is 16.5. The predicted molar refractivity (Wildman–Crippen MR) is 88.9 cm³/mol. The number of amides is 1. The molecule has 0 spiro atoms. The van der Waals surface area contributed by atoms with Gasteiger partial charge in [0.15, 0.2) is 0 Å². The van der Waals surface area contributed by atoms with E-state index in [1.807, 2.05) is 32.3 Å². The number of carbonyl (C=O) groups excluding carboxylic acids is 1. The average molecular weight is 302 g/mol. The molecule has 0 radical (unpaired) electrons. The lowest BCUT2D eigenvalue weighted by Gasteiger charge is -2.25. The van der Waals surface area contributed by atoms with E-state index in [9.17, 15) is 4.79 Å². The molecule has 120 valence electrons. The van der Waals surface area contributed by atoms with E-state index in [0.717, 1.165) is 24.2 Å². The second kappa shape index (κ2) is 7.99. The van der Waals surface area contributed by atoms with Gasteiger partial charge in [-0.15, -0.1) is 0 Å². The van der Waals surface area contributed by atoms with Crippen molar-refractivity contribution >= 4 is 5.91 Å². The van der Waals surface area contributed by atoms with Crippen LogP contribution in [-0.2, 0) is 4.79 Å². The minimum Gasteiger partial charge on any atom is -0.497 e. The molecular weight excluding hydrogens is 276 g/mol. The minimum absolute atomic E-state index is 0.131. The third kappa shape index (κ3) is 4.60. The molecule has 1 amide bonds. The summed E-state index contributed by atoms with van der Waals surface area (Å²) in [5.74, 6) is 1.38. The Morgan fingerprint density at radius 3 is 2.91 bits per heavy atom. The van der Waals surface area contributed by atoms with Crippen LogP contribution in [0, 0.1) is 5.92 Å². The molecular formula is C18H26N2O2. The zero-order valence-corrected chi connectivity index (χ0v) is 13.7. The average Bonchev–Trinajstić information content (AvgIpc) is 3.00. The van der Waals surface area contributed by atoms with Gasteiger partial charge in [0.1, 0.15) is 5.75 Å². The van der Waals surface area contributed by atoms with Crippen LogP contribution in [0.4, 0.5) is 0 Å². The maximum atomic E-state index is 12.1. The van der Waals surface area contributed by atoms with E-state index in [4.69, 9.17) is 4.74 Å². The van der Waals surface area contributed by atoms with Crippen molar-refractivity contribution in [3.8, 4) is 5.75 Å². The van der Waals surface area contributed by atoms with Gasteiger partial charge in [-0.05, 0) is 50.6 Å². The number of benzene rings is 1. The Labute approximate surface area is 133 Å². The summed E-state index contributed by atoms with van der Waals surface area (Å²) in [5.41, 5.74) is 1.14. The second-order valence-electron chi connectivity index (χ2n) is 6.03. The summed E-state index contributed by atoms with van der Waals surface area (Å²) in [7, 11) is 5.71. The van der Waals surface area contributed by atoms with E-state index in [2.05, 4.69) is 28.4 Å². The summed E-state index contributed by atoms with van der Waals surface area (Å²) >= 11 is 0. The molecule has 22 heavy (non-hydrogen) atoms. The van der Waals surface area contributed by atoms with Gasteiger partial charge in [-0.1, -0.05) is 24.3 Å². The van der Waals surface area contributed by atoms with Crippen molar-refractivity contribution in [3.05, 3.63) is 42.0 Å². The lowest BCUT2D eigenvalue weighted by Crippen LogP contribution is -2.35. The van der Waals surface area contributed by atoms with Gasteiger partial charge in [0.05, 0.1) is 13.2 Å². The number of allylic oxidation sites excluding steroid dienone is 2. The number of hydrogen-bond acceptors (Lipinski definition) is 3. The van der Waals surface area contributed by atoms with E-state index in [1.165, 1.54) is 0 Å². The molecule has 0 saturated carbocycles. The molecule has 1 aliphatic rings. The van der Waals surface area contributed by atoms with Crippen molar-refractivity contribution in [1.82, 2.24) is 10.2 Å². The van der Waals surface area contributed by atoms with E-state index in [-0.39, 0.29) is 11.9 Å². The molecule has 0 aliphatic heterocycles. The summed E-state index contributed by atoms with van der Waals surface area (Å²) in [5, 5.41) is 3.07. The van der Waals surface area contributed by atoms with Crippen LogP contribution in [0.25, 0.3) is 0 Å². The van der Waals surface area contributed by atoms with Crippen molar-refractivity contribution in [2.45, 2.75) is 25.3 Å². The summed E-state index contributed by atoms with van der Waals surface area (Å²) in [6, 6.07) is 8.14. The minimum atomic E-state index is 0.131. The molecule has 0 heterocycles. The first-order valence-electron chi connectivity index (χ1n) is 7.84.